The third-order valence-electron chi connectivity index (χ3n) is 2.42. The molecule has 1 aromatic carbocycles. The van der Waals surface area contributed by atoms with E-state index in [2.05, 4.69) is 10.1 Å². The zero-order valence-electron chi connectivity index (χ0n) is 9.35. The van der Waals surface area contributed by atoms with Gasteiger partial charge in [-0.3, -0.25) is 0 Å². The van der Waals surface area contributed by atoms with Gasteiger partial charge in [0.25, 0.3) is 0 Å². The first-order valence-corrected chi connectivity index (χ1v) is 5.65. The van der Waals surface area contributed by atoms with Crippen molar-refractivity contribution in [2.24, 2.45) is 5.16 Å². The second-order valence-corrected chi connectivity index (χ2v) is 4.07. The minimum atomic E-state index is -0.336. The molecule has 1 aromatic heterocycles. The average molecular weight is 265 g/mol. The summed E-state index contributed by atoms with van der Waals surface area (Å²) in [4.78, 5) is 4.10. The molecule has 0 aliphatic carbocycles. The van der Waals surface area contributed by atoms with Crippen molar-refractivity contribution in [2.45, 2.75) is 6.42 Å². The summed E-state index contributed by atoms with van der Waals surface area (Å²) in [5, 5.41) is 12.6. The van der Waals surface area contributed by atoms with Crippen LogP contribution in [0.25, 0.3) is 0 Å². The molecule has 0 aliphatic rings. The van der Waals surface area contributed by atoms with Crippen LogP contribution in [0, 0.1) is 5.82 Å². The Balaban J connectivity index is 2.23. The Morgan fingerprint density at radius 2 is 1.94 bits per heavy atom. The fraction of sp³-hybridized carbons (Fsp3) is 0.0769. The van der Waals surface area contributed by atoms with Crippen molar-refractivity contribution in [3.05, 3.63) is 64.7 Å². The van der Waals surface area contributed by atoms with Gasteiger partial charge in [-0.25, -0.2) is 9.37 Å². The van der Waals surface area contributed by atoms with Gasteiger partial charge in [-0.2, -0.15) is 0 Å². The summed E-state index contributed by atoms with van der Waals surface area (Å²) in [5.74, 6) is -0.336. The first-order valence-electron chi connectivity index (χ1n) is 5.27. The molecule has 0 fully saturated rings. The predicted octanol–water partition coefficient (Wildman–Crippen LogP) is 3.30. The summed E-state index contributed by atoms with van der Waals surface area (Å²) in [5.41, 5.74) is 1.73. The van der Waals surface area contributed by atoms with E-state index in [1.54, 1.807) is 30.3 Å². The molecular formula is C13H10ClFN2O. The Labute approximate surface area is 109 Å². The highest BCUT2D eigenvalue weighted by molar-refractivity contribution is 6.29. The topological polar surface area (TPSA) is 45.5 Å². The summed E-state index contributed by atoms with van der Waals surface area (Å²) >= 11 is 5.78. The number of benzene rings is 1. The molecule has 3 nitrogen and oxygen atoms in total. The number of hydrogen-bond donors (Lipinski definition) is 1. The number of nitrogens with zero attached hydrogens (tertiary/aromatic N) is 2. The molecule has 0 atom stereocenters. The zero-order valence-corrected chi connectivity index (χ0v) is 10.1. The second kappa shape index (κ2) is 5.60. The van der Waals surface area contributed by atoms with Gasteiger partial charge in [-0.1, -0.05) is 35.0 Å². The van der Waals surface area contributed by atoms with Gasteiger partial charge < -0.3 is 5.21 Å². The Hall–Kier alpha value is -1.94. The van der Waals surface area contributed by atoms with Crippen LogP contribution in [-0.4, -0.2) is 15.9 Å². The molecule has 0 unspecified atom stereocenters. The number of oxime groups is 1. The Morgan fingerprint density at radius 1 is 1.22 bits per heavy atom. The van der Waals surface area contributed by atoms with Crippen LogP contribution < -0.4 is 0 Å². The zero-order chi connectivity index (χ0) is 13.0. The van der Waals surface area contributed by atoms with E-state index in [9.17, 15) is 4.39 Å². The summed E-state index contributed by atoms with van der Waals surface area (Å²) in [6.45, 7) is 0. The van der Waals surface area contributed by atoms with Gasteiger partial charge in [0.1, 0.15) is 11.0 Å². The lowest BCUT2D eigenvalue weighted by Gasteiger charge is -2.04. The van der Waals surface area contributed by atoms with Crippen molar-refractivity contribution in [2.75, 3.05) is 0 Å². The molecule has 2 rings (SSSR count). The lowest BCUT2D eigenvalue weighted by Crippen LogP contribution is -2.07. The normalized spacial score (nSPS) is 11.6. The van der Waals surface area contributed by atoms with Crippen LogP contribution in [0.2, 0.25) is 5.15 Å². The van der Waals surface area contributed by atoms with Crippen molar-refractivity contribution in [3.63, 3.8) is 0 Å². The highest BCUT2D eigenvalue weighted by atomic mass is 35.5. The summed E-state index contributed by atoms with van der Waals surface area (Å²) in [6.07, 6.45) is 0.322. The van der Waals surface area contributed by atoms with E-state index in [1.807, 2.05) is 0 Å². The highest BCUT2D eigenvalue weighted by Gasteiger charge is 2.07. The molecule has 5 heteroatoms. The van der Waals surface area contributed by atoms with Gasteiger partial charge in [0.2, 0.25) is 0 Å². The summed E-state index contributed by atoms with van der Waals surface area (Å²) in [6, 6.07) is 10.9. The lowest BCUT2D eigenvalue weighted by molar-refractivity contribution is 0.318. The van der Waals surface area contributed by atoms with E-state index in [1.165, 1.54) is 12.1 Å². The van der Waals surface area contributed by atoms with Crippen molar-refractivity contribution in [1.82, 2.24) is 4.98 Å². The smallest absolute Gasteiger partial charge is 0.129 e. The van der Waals surface area contributed by atoms with E-state index >= 15 is 0 Å². The van der Waals surface area contributed by atoms with Crippen LogP contribution in [0.4, 0.5) is 4.39 Å². The standard InChI is InChI=1S/C13H10ClFN2O/c14-13-3-1-2-11(16-13)8-12(17-18)9-4-6-10(15)7-5-9/h1-7,18H,8H2/b17-12+. The monoisotopic (exact) mass is 264 g/mol. The number of rotatable bonds is 3. The molecule has 0 saturated carbocycles. The van der Waals surface area contributed by atoms with Crippen molar-refractivity contribution in [1.29, 1.82) is 0 Å². The minimum Gasteiger partial charge on any atom is -0.411 e. The molecule has 0 saturated heterocycles. The molecule has 0 bridgehead atoms. The Bertz CT molecular complexity index is 569. The van der Waals surface area contributed by atoms with E-state index in [0.717, 1.165) is 0 Å². The van der Waals surface area contributed by atoms with Gasteiger partial charge >= 0.3 is 0 Å². The lowest BCUT2D eigenvalue weighted by atomic mass is 10.1. The van der Waals surface area contributed by atoms with E-state index in [0.29, 0.717) is 28.5 Å². The maximum absolute atomic E-state index is 12.8. The number of hydrogen-bond acceptors (Lipinski definition) is 3. The van der Waals surface area contributed by atoms with Crippen LogP contribution in [0.5, 0.6) is 0 Å². The van der Waals surface area contributed by atoms with E-state index < -0.39 is 0 Å². The third-order valence-corrected chi connectivity index (χ3v) is 2.63. The number of pyridine rings is 1. The summed E-state index contributed by atoms with van der Waals surface area (Å²) in [7, 11) is 0. The molecule has 0 spiro atoms. The van der Waals surface area contributed by atoms with E-state index in [-0.39, 0.29) is 5.82 Å². The molecule has 0 amide bonds. The average Bonchev–Trinajstić information content (AvgIpc) is 2.37. The van der Waals surface area contributed by atoms with Gasteiger partial charge in [-0.15, -0.1) is 0 Å². The molecular weight excluding hydrogens is 255 g/mol. The van der Waals surface area contributed by atoms with Gasteiger partial charge in [0, 0.05) is 12.1 Å². The quantitative estimate of drug-likeness (QED) is 0.400. The first-order chi connectivity index (χ1) is 8.69. The van der Waals surface area contributed by atoms with E-state index in [4.69, 9.17) is 16.8 Å². The SMILES string of the molecule is O/N=C(\Cc1cccc(Cl)n1)c1ccc(F)cc1. The molecule has 0 radical (unpaired) electrons. The first kappa shape index (κ1) is 12.5. The molecule has 92 valence electrons. The Kier molecular flexibility index (Phi) is 3.89. The van der Waals surface area contributed by atoms with Gasteiger partial charge in [0.15, 0.2) is 0 Å². The van der Waals surface area contributed by atoms with Gasteiger partial charge in [0.05, 0.1) is 5.71 Å². The largest absolute Gasteiger partial charge is 0.411 e. The van der Waals surface area contributed by atoms with Crippen molar-refractivity contribution < 1.29 is 9.60 Å². The Morgan fingerprint density at radius 3 is 2.56 bits per heavy atom. The van der Waals surface area contributed by atoms with Crippen LogP contribution >= 0.6 is 11.6 Å². The maximum atomic E-state index is 12.8. The van der Waals surface area contributed by atoms with Crippen LogP contribution in [0.3, 0.4) is 0 Å². The van der Waals surface area contributed by atoms with Crippen LogP contribution in [0.1, 0.15) is 11.3 Å². The fourth-order valence-corrected chi connectivity index (χ4v) is 1.74. The number of halogens is 2. The predicted molar refractivity (Wildman–Crippen MR) is 67.7 cm³/mol. The maximum Gasteiger partial charge on any atom is 0.129 e. The van der Waals surface area contributed by atoms with Crippen LogP contribution in [0.15, 0.2) is 47.6 Å². The fourth-order valence-electron chi connectivity index (χ4n) is 1.56. The molecule has 1 heterocycles. The molecule has 1 N–H and O–H groups in total. The van der Waals surface area contributed by atoms with Gasteiger partial charge in [-0.05, 0) is 29.8 Å². The molecule has 18 heavy (non-hydrogen) atoms. The second-order valence-electron chi connectivity index (χ2n) is 3.68. The van der Waals surface area contributed by atoms with Crippen molar-refractivity contribution >= 4 is 17.3 Å². The van der Waals surface area contributed by atoms with Crippen molar-refractivity contribution in [3.8, 4) is 0 Å². The van der Waals surface area contributed by atoms with Crippen LogP contribution in [-0.2, 0) is 6.42 Å². The molecule has 0 aliphatic heterocycles. The number of aromatic nitrogens is 1. The molecule has 2 aromatic rings. The highest BCUT2D eigenvalue weighted by Crippen LogP contribution is 2.11. The minimum absolute atomic E-state index is 0.322. The third kappa shape index (κ3) is 3.05. The summed E-state index contributed by atoms with van der Waals surface area (Å²) < 4.78 is 12.8.